The third kappa shape index (κ3) is 1.67. The average molecular weight is 191 g/mol. The van der Waals surface area contributed by atoms with Gasteiger partial charge in [0.1, 0.15) is 11.9 Å². The molecule has 1 heterocycles. The van der Waals surface area contributed by atoms with E-state index < -0.39 is 6.10 Å². The normalized spacial score (nSPS) is 12.7. The number of nitrogens with one attached hydrogen (secondary N) is 1. The van der Waals surface area contributed by atoms with Crippen LogP contribution in [0.3, 0.4) is 0 Å². The van der Waals surface area contributed by atoms with Gasteiger partial charge in [0.2, 0.25) is 0 Å². The van der Waals surface area contributed by atoms with E-state index in [4.69, 9.17) is 0 Å². The van der Waals surface area contributed by atoms with Gasteiger partial charge in [-0.05, 0) is 29.8 Å². The monoisotopic (exact) mass is 191 g/mol. The lowest BCUT2D eigenvalue weighted by atomic mass is 10.1. The molecule has 0 aliphatic heterocycles. The summed E-state index contributed by atoms with van der Waals surface area (Å²) in [5.74, 6) is -0.299. The van der Waals surface area contributed by atoms with E-state index in [1.54, 1.807) is 24.4 Å². The summed E-state index contributed by atoms with van der Waals surface area (Å²) in [6, 6.07) is 9.40. The van der Waals surface area contributed by atoms with Crippen LogP contribution >= 0.6 is 0 Å². The zero-order valence-electron chi connectivity index (χ0n) is 7.44. The maximum Gasteiger partial charge on any atom is 0.123 e. The second-order valence-corrected chi connectivity index (χ2v) is 3.08. The van der Waals surface area contributed by atoms with E-state index >= 15 is 0 Å². The summed E-state index contributed by atoms with van der Waals surface area (Å²) < 4.78 is 12.6. The first-order valence-corrected chi connectivity index (χ1v) is 4.34. The second kappa shape index (κ2) is 3.64. The first-order valence-electron chi connectivity index (χ1n) is 4.34. The van der Waals surface area contributed by atoms with E-state index in [2.05, 4.69) is 4.98 Å². The lowest BCUT2D eigenvalue weighted by Crippen LogP contribution is -1.99. The predicted octanol–water partition coefficient (Wildman–Crippen LogP) is 2.24. The number of aliphatic hydroxyl groups is 1. The third-order valence-corrected chi connectivity index (χ3v) is 2.10. The van der Waals surface area contributed by atoms with E-state index in [0.29, 0.717) is 11.3 Å². The van der Waals surface area contributed by atoms with Gasteiger partial charge < -0.3 is 10.1 Å². The minimum absolute atomic E-state index is 0.299. The van der Waals surface area contributed by atoms with Crippen molar-refractivity contribution < 1.29 is 9.50 Å². The lowest BCUT2D eigenvalue weighted by Gasteiger charge is -2.08. The Balaban J connectivity index is 2.28. The minimum atomic E-state index is -0.717. The van der Waals surface area contributed by atoms with Crippen LogP contribution in [-0.4, -0.2) is 10.1 Å². The fraction of sp³-hybridized carbons (Fsp3) is 0.0909. The Hall–Kier alpha value is -1.61. The summed E-state index contributed by atoms with van der Waals surface area (Å²) >= 11 is 0. The number of benzene rings is 1. The van der Waals surface area contributed by atoms with E-state index in [0.717, 1.165) is 0 Å². The number of aromatic amines is 1. The maximum absolute atomic E-state index is 12.6. The standard InChI is InChI=1S/C11H10FNO/c12-9-5-3-8(4-6-9)11(14)10-2-1-7-13-10/h1-7,11,13-14H. The molecular weight excluding hydrogens is 181 g/mol. The number of hydrogen-bond donors (Lipinski definition) is 2. The van der Waals surface area contributed by atoms with Crippen LogP contribution < -0.4 is 0 Å². The molecule has 0 saturated carbocycles. The van der Waals surface area contributed by atoms with Gasteiger partial charge in [-0.1, -0.05) is 12.1 Å². The summed E-state index contributed by atoms with van der Waals surface area (Å²) in [7, 11) is 0. The highest BCUT2D eigenvalue weighted by atomic mass is 19.1. The van der Waals surface area contributed by atoms with Gasteiger partial charge in [-0.2, -0.15) is 0 Å². The fourth-order valence-electron chi connectivity index (χ4n) is 1.34. The number of rotatable bonds is 2. The van der Waals surface area contributed by atoms with E-state index in [1.165, 1.54) is 12.1 Å². The summed E-state index contributed by atoms with van der Waals surface area (Å²) in [5.41, 5.74) is 1.38. The number of halogens is 1. The van der Waals surface area contributed by atoms with Crippen molar-refractivity contribution in [2.45, 2.75) is 6.10 Å². The van der Waals surface area contributed by atoms with Crippen molar-refractivity contribution in [2.24, 2.45) is 0 Å². The topological polar surface area (TPSA) is 36.0 Å². The molecule has 0 spiro atoms. The molecule has 14 heavy (non-hydrogen) atoms. The van der Waals surface area contributed by atoms with Gasteiger partial charge in [-0.3, -0.25) is 0 Å². The van der Waals surface area contributed by atoms with Gasteiger partial charge in [0.05, 0.1) is 0 Å². The highest BCUT2D eigenvalue weighted by Crippen LogP contribution is 2.19. The summed E-state index contributed by atoms with van der Waals surface area (Å²) in [5, 5.41) is 9.82. The van der Waals surface area contributed by atoms with Gasteiger partial charge in [-0.15, -0.1) is 0 Å². The van der Waals surface area contributed by atoms with Crippen molar-refractivity contribution in [1.29, 1.82) is 0 Å². The van der Waals surface area contributed by atoms with Crippen LogP contribution in [-0.2, 0) is 0 Å². The van der Waals surface area contributed by atoms with Crippen LogP contribution in [0.15, 0.2) is 42.6 Å². The molecule has 1 unspecified atom stereocenters. The zero-order chi connectivity index (χ0) is 9.97. The van der Waals surface area contributed by atoms with Crippen molar-refractivity contribution in [3.05, 3.63) is 59.7 Å². The van der Waals surface area contributed by atoms with Crippen molar-refractivity contribution in [3.63, 3.8) is 0 Å². The second-order valence-electron chi connectivity index (χ2n) is 3.08. The molecule has 0 saturated heterocycles. The van der Waals surface area contributed by atoms with Crippen LogP contribution in [0, 0.1) is 5.82 Å². The molecule has 2 N–H and O–H groups in total. The van der Waals surface area contributed by atoms with Crippen LogP contribution in [0.25, 0.3) is 0 Å². The highest BCUT2D eigenvalue weighted by molar-refractivity contribution is 5.25. The van der Waals surface area contributed by atoms with E-state index in [-0.39, 0.29) is 5.82 Å². The molecule has 1 aromatic heterocycles. The number of aliphatic hydroxyl groups excluding tert-OH is 1. The van der Waals surface area contributed by atoms with Crippen molar-refractivity contribution in [3.8, 4) is 0 Å². The smallest absolute Gasteiger partial charge is 0.123 e. The Kier molecular flexibility index (Phi) is 2.33. The van der Waals surface area contributed by atoms with E-state index in [1.807, 2.05) is 6.07 Å². The average Bonchev–Trinajstić information content (AvgIpc) is 2.71. The Morgan fingerprint density at radius 3 is 2.43 bits per heavy atom. The molecule has 0 radical (unpaired) electrons. The molecule has 1 aromatic carbocycles. The minimum Gasteiger partial charge on any atom is -0.382 e. The van der Waals surface area contributed by atoms with Gasteiger partial charge in [-0.25, -0.2) is 4.39 Å². The predicted molar refractivity (Wildman–Crippen MR) is 51.3 cm³/mol. The van der Waals surface area contributed by atoms with Crippen LogP contribution in [0.4, 0.5) is 4.39 Å². The molecule has 0 bridgehead atoms. The molecule has 1 atom stereocenters. The molecule has 72 valence electrons. The molecule has 0 aliphatic carbocycles. The molecule has 3 heteroatoms. The molecule has 2 aromatic rings. The lowest BCUT2D eigenvalue weighted by molar-refractivity contribution is 0.216. The molecule has 0 fully saturated rings. The van der Waals surface area contributed by atoms with Gasteiger partial charge >= 0.3 is 0 Å². The number of H-pyrrole nitrogens is 1. The first-order chi connectivity index (χ1) is 6.77. The summed E-state index contributed by atoms with van der Waals surface area (Å²) in [6.07, 6.45) is 1.02. The Morgan fingerprint density at radius 2 is 1.86 bits per heavy atom. The number of hydrogen-bond acceptors (Lipinski definition) is 1. The molecule has 2 rings (SSSR count). The third-order valence-electron chi connectivity index (χ3n) is 2.10. The van der Waals surface area contributed by atoms with Crippen LogP contribution in [0.1, 0.15) is 17.4 Å². The van der Waals surface area contributed by atoms with Crippen LogP contribution in [0.2, 0.25) is 0 Å². The Morgan fingerprint density at radius 1 is 1.14 bits per heavy atom. The van der Waals surface area contributed by atoms with Gasteiger partial charge in [0.25, 0.3) is 0 Å². The Bertz CT molecular complexity index is 394. The maximum atomic E-state index is 12.6. The van der Waals surface area contributed by atoms with E-state index in [9.17, 15) is 9.50 Å². The van der Waals surface area contributed by atoms with Crippen LogP contribution in [0.5, 0.6) is 0 Å². The zero-order valence-corrected chi connectivity index (χ0v) is 7.44. The highest BCUT2D eigenvalue weighted by Gasteiger charge is 2.10. The first kappa shape index (κ1) is 8.97. The van der Waals surface area contributed by atoms with Crippen molar-refractivity contribution in [2.75, 3.05) is 0 Å². The SMILES string of the molecule is OC(c1ccc(F)cc1)c1ccc[nH]1. The quantitative estimate of drug-likeness (QED) is 0.750. The largest absolute Gasteiger partial charge is 0.382 e. The van der Waals surface area contributed by atoms with Crippen molar-refractivity contribution >= 4 is 0 Å². The molecule has 2 nitrogen and oxygen atoms in total. The van der Waals surface area contributed by atoms with Crippen molar-refractivity contribution in [1.82, 2.24) is 4.98 Å². The van der Waals surface area contributed by atoms with Gasteiger partial charge in [0.15, 0.2) is 0 Å². The summed E-state index contributed by atoms with van der Waals surface area (Å²) in [6.45, 7) is 0. The Labute approximate surface area is 81.0 Å². The molecule has 0 aliphatic rings. The fourth-order valence-corrected chi connectivity index (χ4v) is 1.34. The number of aromatic nitrogens is 1. The summed E-state index contributed by atoms with van der Waals surface area (Å²) in [4.78, 5) is 2.91. The van der Waals surface area contributed by atoms with Gasteiger partial charge in [0, 0.05) is 11.9 Å². The molecular formula is C11H10FNO. The molecule has 0 amide bonds.